The van der Waals surface area contributed by atoms with E-state index in [1.807, 2.05) is 0 Å². The van der Waals surface area contributed by atoms with Gasteiger partial charge in [0.25, 0.3) is 0 Å². The van der Waals surface area contributed by atoms with Gasteiger partial charge in [-0.1, -0.05) is 52.0 Å². The van der Waals surface area contributed by atoms with Gasteiger partial charge in [0.05, 0.1) is 0 Å². The van der Waals surface area contributed by atoms with Gasteiger partial charge in [-0.25, -0.2) is 0 Å². The summed E-state index contributed by atoms with van der Waals surface area (Å²) in [6, 6.07) is 8.81. The molecule has 0 aliphatic heterocycles. The van der Waals surface area contributed by atoms with Crippen molar-refractivity contribution in [2.24, 2.45) is 5.73 Å². The first-order valence-electron chi connectivity index (χ1n) is 6.46. The molecule has 0 saturated carbocycles. The normalized spacial score (nSPS) is 13.8. The molecule has 0 heterocycles. The molecule has 1 heteroatoms. The Bertz CT molecular complexity index is 326. The van der Waals surface area contributed by atoms with Gasteiger partial charge in [0.15, 0.2) is 0 Å². The van der Waals surface area contributed by atoms with Crippen molar-refractivity contribution in [1.29, 1.82) is 0 Å². The maximum atomic E-state index is 6.43. The summed E-state index contributed by atoms with van der Waals surface area (Å²) in [5, 5.41) is 0. The molecule has 0 fully saturated rings. The molecule has 1 aromatic carbocycles. The Balaban J connectivity index is 3.06. The fraction of sp³-hybridized carbons (Fsp3) is 0.600. The van der Waals surface area contributed by atoms with Gasteiger partial charge < -0.3 is 5.73 Å². The van der Waals surface area contributed by atoms with Gasteiger partial charge in [-0.05, 0) is 36.3 Å². The number of hydrogen-bond acceptors (Lipinski definition) is 1. The summed E-state index contributed by atoms with van der Waals surface area (Å²) in [6.45, 7) is 8.83. The van der Waals surface area contributed by atoms with Crippen molar-refractivity contribution in [2.75, 3.05) is 0 Å². The summed E-state index contributed by atoms with van der Waals surface area (Å²) < 4.78 is 0. The van der Waals surface area contributed by atoms with Crippen molar-refractivity contribution in [3.63, 3.8) is 0 Å². The Labute approximate surface area is 100 Å². The van der Waals surface area contributed by atoms with Crippen LogP contribution in [-0.2, 0) is 5.54 Å². The average Bonchev–Trinajstić information content (AvgIpc) is 2.37. The van der Waals surface area contributed by atoms with Crippen LogP contribution in [0.15, 0.2) is 24.3 Å². The Morgan fingerprint density at radius 3 is 2.31 bits per heavy atom. The summed E-state index contributed by atoms with van der Waals surface area (Å²) in [7, 11) is 0. The van der Waals surface area contributed by atoms with Crippen molar-refractivity contribution < 1.29 is 0 Å². The molecule has 16 heavy (non-hydrogen) atoms. The Morgan fingerprint density at radius 1 is 1.19 bits per heavy atom. The van der Waals surface area contributed by atoms with E-state index < -0.39 is 0 Å². The number of nitrogens with two attached hydrogens (primary N) is 1. The van der Waals surface area contributed by atoms with E-state index in [2.05, 4.69) is 52.0 Å². The van der Waals surface area contributed by atoms with Gasteiger partial charge in [0.1, 0.15) is 0 Å². The van der Waals surface area contributed by atoms with E-state index >= 15 is 0 Å². The third-order valence-corrected chi connectivity index (χ3v) is 3.90. The molecule has 1 rings (SSSR count). The van der Waals surface area contributed by atoms with Crippen LogP contribution in [0.4, 0.5) is 0 Å². The molecule has 1 atom stereocenters. The van der Waals surface area contributed by atoms with Crippen molar-refractivity contribution >= 4 is 0 Å². The van der Waals surface area contributed by atoms with Gasteiger partial charge in [-0.2, -0.15) is 0 Å². The average molecular weight is 219 g/mol. The quantitative estimate of drug-likeness (QED) is 0.790. The zero-order chi connectivity index (χ0) is 12.2. The lowest BCUT2D eigenvalue weighted by Crippen LogP contribution is -2.35. The second kappa shape index (κ2) is 5.49. The molecular weight excluding hydrogens is 194 g/mol. The van der Waals surface area contributed by atoms with Crippen LogP contribution in [-0.4, -0.2) is 0 Å². The van der Waals surface area contributed by atoms with Crippen LogP contribution in [0.2, 0.25) is 0 Å². The minimum Gasteiger partial charge on any atom is -0.321 e. The Hall–Kier alpha value is -0.820. The van der Waals surface area contributed by atoms with E-state index in [4.69, 9.17) is 5.73 Å². The molecule has 0 amide bonds. The maximum absolute atomic E-state index is 6.43. The van der Waals surface area contributed by atoms with Gasteiger partial charge in [-0.15, -0.1) is 0 Å². The summed E-state index contributed by atoms with van der Waals surface area (Å²) in [5.41, 5.74) is 8.98. The van der Waals surface area contributed by atoms with E-state index in [1.165, 1.54) is 17.5 Å². The molecule has 0 bridgehead atoms. The monoisotopic (exact) mass is 219 g/mol. The van der Waals surface area contributed by atoms with Gasteiger partial charge >= 0.3 is 0 Å². The topological polar surface area (TPSA) is 26.0 Å². The van der Waals surface area contributed by atoms with E-state index in [0.29, 0.717) is 5.92 Å². The first-order valence-corrected chi connectivity index (χ1v) is 6.46. The first-order chi connectivity index (χ1) is 7.57. The lowest BCUT2D eigenvalue weighted by molar-refractivity contribution is 0.412. The van der Waals surface area contributed by atoms with Crippen molar-refractivity contribution in [3.8, 4) is 0 Å². The van der Waals surface area contributed by atoms with Gasteiger partial charge in [-0.3, -0.25) is 0 Å². The highest BCUT2D eigenvalue weighted by atomic mass is 14.7. The zero-order valence-electron chi connectivity index (χ0n) is 11.1. The third kappa shape index (κ3) is 2.65. The minimum atomic E-state index is -0.149. The highest BCUT2D eigenvalue weighted by Crippen LogP contribution is 2.28. The standard InChI is InChI=1S/C15H25N/c1-5-12(4)13-9-8-10-14(11-13)15(16,6-2)7-3/h8-12H,5-7,16H2,1-4H3. The van der Waals surface area contributed by atoms with Crippen molar-refractivity contribution in [3.05, 3.63) is 35.4 Å². The van der Waals surface area contributed by atoms with Crippen LogP contribution in [0.1, 0.15) is 64.0 Å². The summed E-state index contributed by atoms with van der Waals surface area (Å²) in [4.78, 5) is 0. The molecular formula is C15H25N. The predicted octanol–water partition coefficient (Wildman–Crippen LogP) is 4.17. The van der Waals surface area contributed by atoms with Crippen LogP contribution < -0.4 is 5.73 Å². The lowest BCUT2D eigenvalue weighted by Gasteiger charge is -2.28. The van der Waals surface area contributed by atoms with Gasteiger partial charge in [0.2, 0.25) is 0 Å². The van der Waals surface area contributed by atoms with Crippen LogP contribution in [0.25, 0.3) is 0 Å². The van der Waals surface area contributed by atoms with E-state index in [0.717, 1.165) is 12.8 Å². The van der Waals surface area contributed by atoms with E-state index in [1.54, 1.807) is 0 Å². The summed E-state index contributed by atoms with van der Waals surface area (Å²) >= 11 is 0. The fourth-order valence-corrected chi connectivity index (χ4v) is 2.05. The second-order valence-electron chi connectivity index (χ2n) is 4.80. The lowest BCUT2D eigenvalue weighted by atomic mass is 9.83. The maximum Gasteiger partial charge on any atom is 0.0404 e. The highest BCUT2D eigenvalue weighted by molar-refractivity contribution is 5.31. The Morgan fingerprint density at radius 2 is 1.81 bits per heavy atom. The van der Waals surface area contributed by atoms with Crippen molar-refractivity contribution in [2.45, 2.75) is 58.4 Å². The molecule has 0 aromatic heterocycles. The van der Waals surface area contributed by atoms with Crippen LogP contribution >= 0.6 is 0 Å². The van der Waals surface area contributed by atoms with Crippen LogP contribution in [0.5, 0.6) is 0 Å². The smallest absolute Gasteiger partial charge is 0.0404 e. The number of benzene rings is 1. The Kier molecular flexibility index (Phi) is 4.55. The molecule has 1 nitrogen and oxygen atoms in total. The first kappa shape index (κ1) is 13.2. The predicted molar refractivity (Wildman–Crippen MR) is 71.6 cm³/mol. The molecule has 0 saturated heterocycles. The minimum absolute atomic E-state index is 0.149. The summed E-state index contributed by atoms with van der Waals surface area (Å²) in [6.07, 6.45) is 3.17. The van der Waals surface area contributed by atoms with Crippen LogP contribution in [0, 0.1) is 0 Å². The van der Waals surface area contributed by atoms with Gasteiger partial charge in [0, 0.05) is 5.54 Å². The zero-order valence-corrected chi connectivity index (χ0v) is 11.1. The molecule has 0 radical (unpaired) electrons. The SMILES string of the molecule is CCC(C)c1cccc(C(N)(CC)CC)c1. The van der Waals surface area contributed by atoms with E-state index in [9.17, 15) is 0 Å². The molecule has 90 valence electrons. The molecule has 0 spiro atoms. The van der Waals surface area contributed by atoms with E-state index in [-0.39, 0.29) is 5.54 Å². The fourth-order valence-electron chi connectivity index (χ4n) is 2.05. The molecule has 1 aromatic rings. The number of rotatable bonds is 5. The second-order valence-corrected chi connectivity index (χ2v) is 4.80. The summed E-state index contributed by atoms with van der Waals surface area (Å²) in [5.74, 6) is 0.623. The molecule has 2 N–H and O–H groups in total. The molecule has 0 aliphatic carbocycles. The third-order valence-electron chi connectivity index (χ3n) is 3.90. The highest BCUT2D eigenvalue weighted by Gasteiger charge is 2.23. The largest absolute Gasteiger partial charge is 0.321 e. The molecule has 1 unspecified atom stereocenters. The number of hydrogen-bond donors (Lipinski definition) is 1. The molecule has 0 aliphatic rings. The van der Waals surface area contributed by atoms with Crippen molar-refractivity contribution in [1.82, 2.24) is 0 Å². The van der Waals surface area contributed by atoms with Crippen LogP contribution in [0.3, 0.4) is 0 Å².